The van der Waals surface area contributed by atoms with Gasteiger partial charge in [0.15, 0.2) is 0 Å². The molecule has 1 saturated heterocycles. The van der Waals surface area contributed by atoms with Crippen LogP contribution < -0.4 is 11.5 Å². The molecule has 1 rings (SSSR count). The normalized spacial score (nSPS) is 16.8. The van der Waals surface area contributed by atoms with Gasteiger partial charge >= 0.3 is 0 Å². The van der Waals surface area contributed by atoms with E-state index in [4.69, 9.17) is 11.5 Å². The molecule has 98 valence electrons. The van der Waals surface area contributed by atoms with Gasteiger partial charge in [-0.05, 0) is 64.8 Å². The fourth-order valence-electron chi connectivity index (χ4n) is 1.43. The van der Waals surface area contributed by atoms with Crippen molar-refractivity contribution in [1.82, 2.24) is 4.90 Å². The minimum atomic E-state index is 0.775. The monoisotopic (exact) mass is 229 g/mol. The number of unbranched alkanes of at least 4 members (excludes halogenated alkanes) is 1. The van der Waals surface area contributed by atoms with Crippen molar-refractivity contribution in [1.29, 1.82) is 0 Å². The molecule has 1 aliphatic rings. The summed E-state index contributed by atoms with van der Waals surface area (Å²) in [5.41, 5.74) is 10.3. The molecule has 0 bridgehead atoms. The van der Waals surface area contributed by atoms with E-state index in [0.717, 1.165) is 31.8 Å². The van der Waals surface area contributed by atoms with E-state index in [1.807, 2.05) is 0 Å². The molecule has 0 aromatic carbocycles. The second-order valence-corrected chi connectivity index (χ2v) is 4.27. The van der Waals surface area contributed by atoms with Gasteiger partial charge in [-0.3, -0.25) is 0 Å². The number of nitrogens with two attached hydrogens (primary N) is 2. The molecule has 0 amide bonds. The highest BCUT2D eigenvalue weighted by atomic mass is 15.1. The Balaban J connectivity index is 0. The van der Waals surface area contributed by atoms with Gasteiger partial charge in [-0.2, -0.15) is 0 Å². The maximum atomic E-state index is 5.16. The number of rotatable bonds is 3. The molecule has 3 heteroatoms. The molecule has 0 atom stereocenters. The summed E-state index contributed by atoms with van der Waals surface area (Å²) in [6.07, 6.45) is 4.93. The van der Waals surface area contributed by atoms with E-state index < -0.39 is 0 Å². The first-order valence-corrected chi connectivity index (χ1v) is 6.29. The summed E-state index contributed by atoms with van der Waals surface area (Å²) >= 11 is 0. The molecule has 0 aromatic rings. The highest BCUT2D eigenvalue weighted by molar-refractivity contribution is 4.65. The number of piperidine rings is 1. The third kappa shape index (κ3) is 13.6. The van der Waals surface area contributed by atoms with Crippen molar-refractivity contribution in [2.24, 2.45) is 17.4 Å². The summed E-state index contributed by atoms with van der Waals surface area (Å²) in [5, 5.41) is 0. The van der Waals surface area contributed by atoms with Crippen molar-refractivity contribution < 1.29 is 0 Å². The zero-order valence-electron chi connectivity index (χ0n) is 11.3. The smallest absolute Gasteiger partial charge is 0.00192 e. The van der Waals surface area contributed by atoms with Gasteiger partial charge in [0, 0.05) is 0 Å². The molecule has 0 radical (unpaired) electrons. The van der Waals surface area contributed by atoms with Crippen LogP contribution in [0.3, 0.4) is 0 Å². The first-order valence-electron chi connectivity index (χ1n) is 6.29. The molecule has 4 N–H and O–H groups in total. The van der Waals surface area contributed by atoms with Crippen LogP contribution in [-0.2, 0) is 0 Å². The van der Waals surface area contributed by atoms with Crippen molar-refractivity contribution in [2.45, 2.75) is 32.6 Å². The van der Waals surface area contributed by atoms with Crippen LogP contribution >= 0.6 is 0 Å². The third-order valence-electron chi connectivity index (χ3n) is 2.67. The predicted octanol–water partition coefficient (Wildman–Crippen LogP) is 1.83. The zero-order chi connectivity index (χ0) is 12.8. The van der Waals surface area contributed by atoms with Crippen LogP contribution in [0.5, 0.6) is 0 Å². The van der Waals surface area contributed by atoms with Crippen LogP contribution in [0.4, 0.5) is 0 Å². The summed E-state index contributed by atoms with van der Waals surface area (Å²) < 4.78 is 0. The molecular weight excluding hydrogens is 198 g/mol. The standard InChI is InChI=1S/C7H15N.C4H12N2.C2H4/c1-7-3-5-8(2)6-4-7;5-3-1-2-4-6;1-2/h7H,3-6H2,1-2H3;1-6H2;1-2H2. The minimum absolute atomic E-state index is 0.775. The molecule has 0 aliphatic carbocycles. The Hall–Kier alpha value is -0.380. The summed E-state index contributed by atoms with van der Waals surface area (Å²) in [7, 11) is 2.20. The summed E-state index contributed by atoms with van der Waals surface area (Å²) in [6, 6.07) is 0. The van der Waals surface area contributed by atoms with Crippen LogP contribution in [-0.4, -0.2) is 38.1 Å². The van der Waals surface area contributed by atoms with Crippen LogP contribution in [0.1, 0.15) is 32.6 Å². The van der Waals surface area contributed by atoms with E-state index in [0.29, 0.717) is 0 Å². The van der Waals surface area contributed by atoms with Gasteiger partial charge in [0.1, 0.15) is 0 Å². The van der Waals surface area contributed by atoms with E-state index in [1.165, 1.54) is 25.9 Å². The lowest BCUT2D eigenvalue weighted by atomic mass is 10.00. The van der Waals surface area contributed by atoms with Crippen LogP contribution in [0.2, 0.25) is 0 Å². The van der Waals surface area contributed by atoms with E-state index in [9.17, 15) is 0 Å². The van der Waals surface area contributed by atoms with Gasteiger partial charge in [0.05, 0.1) is 0 Å². The largest absolute Gasteiger partial charge is 0.330 e. The summed E-state index contributed by atoms with van der Waals surface area (Å²) in [5.74, 6) is 0.978. The lowest BCUT2D eigenvalue weighted by Gasteiger charge is -2.26. The van der Waals surface area contributed by atoms with Gasteiger partial charge in [0.25, 0.3) is 0 Å². The topological polar surface area (TPSA) is 55.3 Å². The van der Waals surface area contributed by atoms with E-state index in [-0.39, 0.29) is 0 Å². The van der Waals surface area contributed by atoms with Crippen LogP contribution in [0.25, 0.3) is 0 Å². The molecule has 0 unspecified atom stereocenters. The van der Waals surface area contributed by atoms with E-state index >= 15 is 0 Å². The molecule has 16 heavy (non-hydrogen) atoms. The highest BCUT2D eigenvalue weighted by Gasteiger charge is 2.10. The third-order valence-corrected chi connectivity index (χ3v) is 2.67. The van der Waals surface area contributed by atoms with E-state index in [1.54, 1.807) is 0 Å². The Morgan fingerprint density at radius 2 is 1.44 bits per heavy atom. The van der Waals surface area contributed by atoms with Crippen LogP contribution in [0, 0.1) is 5.92 Å². The molecule has 0 aromatic heterocycles. The average molecular weight is 229 g/mol. The Morgan fingerprint density at radius 3 is 1.69 bits per heavy atom. The van der Waals surface area contributed by atoms with E-state index in [2.05, 4.69) is 32.0 Å². The second-order valence-electron chi connectivity index (χ2n) is 4.27. The van der Waals surface area contributed by atoms with Gasteiger partial charge in [-0.25, -0.2) is 0 Å². The lowest BCUT2D eigenvalue weighted by molar-refractivity contribution is 0.230. The zero-order valence-corrected chi connectivity index (χ0v) is 11.3. The van der Waals surface area contributed by atoms with Gasteiger partial charge < -0.3 is 16.4 Å². The van der Waals surface area contributed by atoms with Crippen molar-refractivity contribution in [3.8, 4) is 0 Å². The molecule has 1 aliphatic heterocycles. The molecule has 0 spiro atoms. The Labute approximate surface area is 102 Å². The van der Waals surface area contributed by atoms with Crippen molar-refractivity contribution in [2.75, 3.05) is 33.2 Å². The fraction of sp³-hybridized carbons (Fsp3) is 0.846. The number of likely N-dealkylation sites (tertiary alicyclic amines) is 1. The molecule has 0 saturated carbocycles. The maximum absolute atomic E-state index is 5.16. The Kier molecular flexibility index (Phi) is 16.4. The quantitative estimate of drug-likeness (QED) is 0.573. The van der Waals surface area contributed by atoms with Crippen molar-refractivity contribution >= 4 is 0 Å². The Bertz CT molecular complexity index is 106. The summed E-state index contributed by atoms with van der Waals surface area (Å²) in [6.45, 7) is 12.5. The van der Waals surface area contributed by atoms with Gasteiger partial charge in [-0.15, -0.1) is 13.2 Å². The van der Waals surface area contributed by atoms with Crippen molar-refractivity contribution in [3.05, 3.63) is 13.2 Å². The minimum Gasteiger partial charge on any atom is -0.330 e. The average Bonchev–Trinajstić information content (AvgIpc) is 2.34. The van der Waals surface area contributed by atoms with Gasteiger partial charge in [0.2, 0.25) is 0 Å². The SMILES string of the molecule is C=C.CC1CCN(C)CC1.NCCCCN. The van der Waals surface area contributed by atoms with Crippen molar-refractivity contribution in [3.63, 3.8) is 0 Å². The summed E-state index contributed by atoms with van der Waals surface area (Å²) in [4.78, 5) is 2.40. The maximum Gasteiger partial charge on any atom is -0.00192 e. The first-order chi connectivity index (χ1) is 7.70. The van der Waals surface area contributed by atoms with Gasteiger partial charge in [-0.1, -0.05) is 6.92 Å². The second kappa shape index (κ2) is 14.6. The molecule has 1 fully saturated rings. The number of hydrogen-bond donors (Lipinski definition) is 2. The fourth-order valence-corrected chi connectivity index (χ4v) is 1.43. The first kappa shape index (κ1) is 18.0. The molecule has 3 nitrogen and oxygen atoms in total. The lowest BCUT2D eigenvalue weighted by Crippen LogP contribution is -2.28. The number of nitrogens with zero attached hydrogens (tertiary/aromatic N) is 1. The number of hydrogen-bond acceptors (Lipinski definition) is 3. The highest BCUT2D eigenvalue weighted by Crippen LogP contribution is 2.13. The van der Waals surface area contributed by atoms with Crippen LogP contribution in [0.15, 0.2) is 13.2 Å². The molecular formula is C13H31N3. The Morgan fingerprint density at radius 1 is 1.06 bits per heavy atom. The molecule has 1 heterocycles. The predicted molar refractivity (Wildman–Crippen MR) is 74.5 cm³/mol.